The molecular formula is C19H22FN3O3. The van der Waals surface area contributed by atoms with Crippen molar-refractivity contribution in [3.63, 3.8) is 0 Å². The molecule has 2 N–H and O–H groups in total. The number of ether oxygens (including phenoxy) is 2. The molecule has 0 fully saturated rings. The van der Waals surface area contributed by atoms with E-state index in [1.165, 1.54) is 20.3 Å². The average Bonchev–Trinajstić information content (AvgIpc) is 2.68. The molecule has 0 radical (unpaired) electrons. The number of methoxy groups -OCH3 is 2. The van der Waals surface area contributed by atoms with Crippen LogP contribution in [0.25, 0.3) is 0 Å². The van der Waals surface area contributed by atoms with Crippen molar-refractivity contribution in [3.8, 4) is 5.75 Å². The minimum absolute atomic E-state index is 0.270. The standard InChI is InChI=1S/C19H22FN3O3/c1-21-19(23-12-14-6-4-5-7-16(14)20)22-11-13-8-9-17(25-2)15(10-13)18(24)26-3/h4-10H,11-12H2,1-3H3,(H2,21,22,23). The Hall–Kier alpha value is -3.09. The molecule has 2 aromatic carbocycles. The molecule has 2 rings (SSSR count). The van der Waals surface area contributed by atoms with Crippen molar-refractivity contribution in [2.75, 3.05) is 21.3 Å². The summed E-state index contributed by atoms with van der Waals surface area (Å²) in [5.74, 6) is 0.227. The Bertz CT molecular complexity index is 793. The number of hydrogen-bond donors (Lipinski definition) is 2. The highest BCUT2D eigenvalue weighted by molar-refractivity contribution is 5.92. The fourth-order valence-corrected chi connectivity index (χ4v) is 2.36. The molecule has 0 unspecified atom stereocenters. The SMILES string of the molecule is CN=C(NCc1ccc(OC)c(C(=O)OC)c1)NCc1ccccc1F. The number of carbonyl (C=O) groups excluding carboxylic acids is 1. The first-order chi connectivity index (χ1) is 12.6. The molecule has 0 aliphatic rings. The first-order valence-corrected chi connectivity index (χ1v) is 8.02. The molecule has 7 heteroatoms. The second-order valence-electron chi connectivity index (χ2n) is 5.40. The highest BCUT2D eigenvalue weighted by Crippen LogP contribution is 2.20. The maximum Gasteiger partial charge on any atom is 0.341 e. The van der Waals surface area contributed by atoms with Crippen LogP contribution in [0.5, 0.6) is 5.75 Å². The molecule has 0 heterocycles. The third kappa shape index (κ3) is 4.95. The molecule has 0 amide bonds. The summed E-state index contributed by atoms with van der Waals surface area (Å²) in [6.45, 7) is 0.729. The van der Waals surface area contributed by atoms with Gasteiger partial charge in [0, 0.05) is 25.7 Å². The van der Waals surface area contributed by atoms with Gasteiger partial charge >= 0.3 is 5.97 Å². The van der Waals surface area contributed by atoms with Gasteiger partial charge in [-0.15, -0.1) is 0 Å². The van der Waals surface area contributed by atoms with Gasteiger partial charge in [0.15, 0.2) is 5.96 Å². The molecule has 0 saturated carbocycles. The summed E-state index contributed by atoms with van der Waals surface area (Å²) in [6, 6.07) is 11.8. The number of aliphatic imine (C=N–C) groups is 1. The second kappa shape index (κ2) is 9.41. The monoisotopic (exact) mass is 359 g/mol. The Kier molecular flexibility index (Phi) is 6.96. The van der Waals surface area contributed by atoms with Gasteiger partial charge in [-0.1, -0.05) is 24.3 Å². The lowest BCUT2D eigenvalue weighted by molar-refractivity contribution is 0.0597. The van der Waals surface area contributed by atoms with E-state index in [0.717, 1.165) is 5.56 Å². The predicted octanol–water partition coefficient (Wildman–Crippen LogP) is 2.49. The van der Waals surface area contributed by atoms with Crippen LogP contribution in [0.3, 0.4) is 0 Å². The smallest absolute Gasteiger partial charge is 0.341 e. The fourth-order valence-electron chi connectivity index (χ4n) is 2.36. The molecule has 2 aromatic rings. The van der Waals surface area contributed by atoms with Gasteiger partial charge in [0.2, 0.25) is 0 Å². The van der Waals surface area contributed by atoms with E-state index < -0.39 is 5.97 Å². The van der Waals surface area contributed by atoms with Crippen molar-refractivity contribution in [2.45, 2.75) is 13.1 Å². The summed E-state index contributed by atoms with van der Waals surface area (Å²) in [4.78, 5) is 15.9. The third-order valence-electron chi connectivity index (χ3n) is 3.76. The van der Waals surface area contributed by atoms with E-state index in [2.05, 4.69) is 15.6 Å². The highest BCUT2D eigenvalue weighted by Gasteiger charge is 2.13. The van der Waals surface area contributed by atoms with Crippen LogP contribution in [0.4, 0.5) is 4.39 Å². The van der Waals surface area contributed by atoms with E-state index in [1.54, 1.807) is 37.4 Å². The van der Waals surface area contributed by atoms with Crippen LogP contribution in [0, 0.1) is 5.82 Å². The van der Waals surface area contributed by atoms with E-state index in [9.17, 15) is 9.18 Å². The van der Waals surface area contributed by atoms with Crippen LogP contribution in [-0.4, -0.2) is 33.2 Å². The lowest BCUT2D eigenvalue weighted by Crippen LogP contribution is -2.36. The molecule has 26 heavy (non-hydrogen) atoms. The summed E-state index contributed by atoms with van der Waals surface area (Å²) in [6.07, 6.45) is 0. The van der Waals surface area contributed by atoms with Crippen molar-refractivity contribution >= 4 is 11.9 Å². The number of rotatable bonds is 6. The van der Waals surface area contributed by atoms with Crippen LogP contribution in [0.15, 0.2) is 47.5 Å². The maximum atomic E-state index is 13.7. The normalized spacial score (nSPS) is 11.0. The Balaban J connectivity index is 2.00. The number of nitrogens with one attached hydrogen (secondary N) is 2. The first-order valence-electron chi connectivity index (χ1n) is 8.02. The van der Waals surface area contributed by atoms with Crippen molar-refractivity contribution in [1.82, 2.24) is 10.6 Å². The van der Waals surface area contributed by atoms with Crippen LogP contribution >= 0.6 is 0 Å². The summed E-state index contributed by atoms with van der Waals surface area (Å²) < 4.78 is 23.6. The molecule has 0 atom stereocenters. The summed E-state index contributed by atoms with van der Waals surface area (Å²) in [5, 5.41) is 6.17. The molecule has 6 nitrogen and oxygen atoms in total. The first kappa shape index (κ1) is 19.2. The number of halogens is 1. The van der Waals surface area contributed by atoms with E-state index in [1.807, 2.05) is 6.07 Å². The van der Waals surface area contributed by atoms with Gasteiger partial charge < -0.3 is 20.1 Å². The Morgan fingerprint density at radius 2 is 1.85 bits per heavy atom. The molecule has 138 valence electrons. The Morgan fingerprint density at radius 1 is 1.12 bits per heavy atom. The quantitative estimate of drug-likeness (QED) is 0.471. The van der Waals surface area contributed by atoms with Gasteiger partial charge in [0.25, 0.3) is 0 Å². The number of hydrogen-bond acceptors (Lipinski definition) is 4. The summed E-state index contributed by atoms with van der Waals surface area (Å²) in [5.41, 5.74) is 1.75. The van der Waals surface area contributed by atoms with Crippen molar-refractivity contribution in [2.24, 2.45) is 4.99 Å². The van der Waals surface area contributed by atoms with Crippen LogP contribution < -0.4 is 15.4 Å². The lowest BCUT2D eigenvalue weighted by Gasteiger charge is -2.13. The zero-order chi connectivity index (χ0) is 18.9. The average molecular weight is 359 g/mol. The van der Waals surface area contributed by atoms with Crippen molar-refractivity contribution in [3.05, 3.63) is 65.0 Å². The minimum Gasteiger partial charge on any atom is -0.496 e. The lowest BCUT2D eigenvalue weighted by atomic mass is 10.1. The fraction of sp³-hybridized carbons (Fsp3) is 0.263. The molecule has 0 saturated heterocycles. The molecule has 0 spiro atoms. The van der Waals surface area contributed by atoms with Crippen molar-refractivity contribution < 1.29 is 18.7 Å². The predicted molar refractivity (Wildman–Crippen MR) is 97.8 cm³/mol. The molecule has 0 aliphatic carbocycles. The van der Waals surface area contributed by atoms with E-state index >= 15 is 0 Å². The molecule has 0 bridgehead atoms. The largest absolute Gasteiger partial charge is 0.496 e. The van der Waals surface area contributed by atoms with E-state index in [-0.39, 0.29) is 5.82 Å². The zero-order valence-corrected chi connectivity index (χ0v) is 15.0. The minimum atomic E-state index is -0.467. The number of nitrogens with zero attached hydrogens (tertiary/aromatic N) is 1. The van der Waals surface area contributed by atoms with Gasteiger partial charge in [0.1, 0.15) is 17.1 Å². The zero-order valence-electron chi connectivity index (χ0n) is 15.0. The highest BCUT2D eigenvalue weighted by atomic mass is 19.1. The third-order valence-corrected chi connectivity index (χ3v) is 3.76. The number of esters is 1. The second-order valence-corrected chi connectivity index (χ2v) is 5.40. The number of benzene rings is 2. The van der Waals surface area contributed by atoms with Gasteiger partial charge in [-0.3, -0.25) is 4.99 Å². The summed E-state index contributed by atoms with van der Waals surface area (Å²) in [7, 11) is 4.44. The number of carbonyl (C=O) groups is 1. The molecule has 0 aliphatic heterocycles. The topological polar surface area (TPSA) is 72.0 Å². The molecule has 0 aromatic heterocycles. The van der Waals surface area contributed by atoms with Gasteiger partial charge in [-0.05, 0) is 23.8 Å². The van der Waals surface area contributed by atoms with E-state index in [0.29, 0.717) is 35.9 Å². The Labute approximate surface area is 152 Å². The van der Waals surface area contributed by atoms with Crippen LogP contribution in [0.1, 0.15) is 21.5 Å². The Morgan fingerprint density at radius 3 is 2.50 bits per heavy atom. The molecular weight excluding hydrogens is 337 g/mol. The van der Waals surface area contributed by atoms with Crippen LogP contribution in [0.2, 0.25) is 0 Å². The van der Waals surface area contributed by atoms with E-state index in [4.69, 9.17) is 9.47 Å². The number of guanidine groups is 1. The van der Waals surface area contributed by atoms with Crippen LogP contribution in [-0.2, 0) is 17.8 Å². The van der Waals surface area contributed by atoms with Gasteiger partial charge in [-0.25, -0.2) is 9.18 Å². The maximum absolute atomic E-state index is 13.7. The summed E-state index contributed by atoms with van der Waals surface area (Å²) >= 11 is 0. The van der Waals surface area contributed by atoms with Gasteiger partial charge in [0.05, 0.1) is 14.2 Å². The van der Waals surface area contributed by atoms with Gasteiger partial charge in [-0.2, -0.15) is 0 Å². The van der Waals surface area contributed by atoms with Crippen molar-refractivity contribution in [1.29, 1.82) is 0 Å².